The van der Waals surface area contributed by atoms with Gasteiger partial charge in [-0.1, -0.05) is 0 Å². The van der Waals surface area contributed by atoms with Gasteiger partial charge in [0.05, 0.1) is 12.6 Å². The predicted octanol–water partition coefficient (Wildman–Crippen LogP) is 2.23. The molecule has 3 heteroatoms. The summed E-state index contributed by atoms with van der Waals surface area (Å²) in [5.41, 5.74) is 8.18. The molecule has 1 aromatic rings. The summed E-state index contributed by atoms with van der Waals surface area (Å²) >= 11 is 0. The van der Waals surface area contributed by atoms with Gasteiger partial charge in [0.2, 0.25) is 0 Å². The number of nitrogens with two attached hydrogens (primary N) is 1. The Morgan fingerprint density at radius 3 is 2.50 bits per heavy atom. The Labute approximate surface area is 96.6 Å². The quantitative estimate of drug-likeness (QED) is 0.793. The fourth-order valence-electron chi connectivity index (χ4n) is 1.61. The maximum absolute atomic E-state index is 11.8. The first-order valence-corrected chi connectivity index (χ1v) is 5.51. The minimum Gasteiger partial charge on any atom is -0.494 e. The predicted molar refractivity (Wildman–Crippen MR) is 65.1 cm³/mol. The molecule has 0 aliphatic rings. The second kappa shape index (κ2) is 5.12. The van der Waals surface area contributed by atoms with Gasteiger partial charge in [-0.25, -0.2) is 0 Å². The van der Waals surface area contributed by atoms with E-state index in [1.165, 1.54) is 0 Å². The highest BCUT2D eigenvalue weighted by Gasteiger charge is 2.15. The molecule has 0 aromatic heterocycles. The first kappa shape index (κ1) is 12.7. The molecule has 0 saturated heterocycles. The number of ether oxygens (including phenoxy) is 1. The number of carbonyl (C=O) groups is 1. The maximum Gasteiger partial charge on any atom is 0.179 e. The molecule has 0 amide bonds. The SMILES string of the molecule is CCOc1cc(C)c(C(=O)C(C)N)cc1C. The molecule has 0 saturated carbocycles. The Hall–Kier alpha value is -1.35. The summed E-state index contributed by atoms with van der Waals surface area (Å²) in [7, 11) is 0. The number of benzene rings is 1. The van der Waals surface area contributed by atoms with Crippen molar-refractivity contribution < 1.29 is 9.53 Å². The summed E-state index contributed by atoms with van der Waals surface area (Å²) in [5, 5.41) is 0. The molecule has 0 bridgehead atoms. The van der Waals surface area contributed by atoms with Crippen molar-refractivity contribution in [3.05, 3.63) is 28.8 Å². The van der Waals surface area contributed by atoms with Crippen LogP contribution in [0, 0.1) is 13.8 Å². The number of hydrogen-bond donors (Lipinski definition) is 1. The zero-order valence-corrected chi connectivity index (χ0v) is 10.3. The highest BCUT2D eigenvalue weighted by Crippen LogP contribution is 2.23. The smallest absolute Gasteiger partial charge is 0.179 e. The molecule has 0 aliphatic carbocycles. The van der Waals surface area contributed by atoms with Crippen molar-refractivity contribution in [2.24, 2.45) is 5.73 Å². The van der Waals surface area contributed by atoms with Crippen LogP contribution in [0.4, 0.5) is 0 Å². The van der Waals surface area contributed by atoms with Crippen molar-refractivity contribution in [3.63, 3.8) is 0 Å². The fraction of sp³-hybridized carbons (Fsp3) is 0.462. The van der Waals surface area contributed by atoms with Gasteiger partial charge in [0.1, 0.15) is 5.75 Å². The summed E-state index contributed by atoms with van der Waals surface area (Å²) in [6.07, 6.45) is 0. The van der Waals surface area contributed by atoms with Gasteiger partial charge >= 0.3 is 0 Å². The number of hydrogen-bond acceptors (Lipinski definition) is 3. The van der Waals surface area contributed by atoms with Crippen molar-refractivity contribution in [3.8, 4) is 5.75 Å². The number of ketones is 1. The topological polar surface area (TPSA) is 52.3 Å². The van der Waals surface area contributed by atoms with Crippen LogP contribution in [-0.2, 0) is 0 Å². The first-order valence-electron chi connectivity index (χ1n) is 5.51. The van der Waals surface area contributed by atoms with Gasteiger partial charge < -0.3 is 10.5 Å². The van der Waals surface area contributed by atoms with Crippen LogP contribution in [0.25, 0.3) is 0 Å². The van der Waals surface area contributed by atoms with E-state index in [1.54, 1.807) is 6.92 Å². The zero-order valence-electron chi connectivity index (χ0n) is 10.3. The minimum atomic E-state index is -0.462. The Kier molecular flexibility index (Phi) is 4.07. The second-order valence-corrected chi connectivity index (χ2v) is 4.02. The molecule has 1 unspecified atom stereocenters. The van der Waals surface area contributed by atoms with Crippen LogP contribution in [0.2, 0.25) is 0 Å². The van der Waals surface area contributed by atoms with Gasteiger partial charge in [-0.15, -0.1) is 0 Å². The van der Waals surface area contributed by atoms with Gasteiger partial charge in [-0.2, -0.15) is 0 Å². The molecular weight excluding hydrogens is 202 g/mol. The largest absolute Gasteiger partial charge is 0.494 e. The Morgan fingerprint density at radius 1 is 1.38 bits per heavy atom. The molecule has 1 rings (SSSR count). The van der Waals surface area contributed by atoms with E-state index in [1.807, 2.05) is 32.9 Å². The summed E-state index contributed by atoms with van der Waals surface area (Å²) in [4.78, 5) is 11.8. The van der Waals surface area contributed by atoms with E-state index in [2.05, 4.69) is 0 Å². The van der Waals surface area contributed by atoms with E-state index < -0.39 is 6.04 Å². The van der Waals surface area contributed by atoms with Crippen LogP contribution < -0.4 is 10.5 Å². The maximum atomic E-state index is 11.8. The monoisotopic (exact) mass is 221 g/mol. The van der Waals surface area contributed by atoms with Crippen LogP contribution in [0.15, 0.2) is 12.1 Å². The normalized spacial score (nSPS) is 12.3. The van der Waals surface area contributed by atoms with E-state index >= 15 is 0 Å². The van der Waals surface area contributed by atoms with Crippen molar-refractivity contribution in [2.45, 2.75) is 33.7 Å². The lowest BCUT2D eigenvalue weighted by atomic mass is 9.98. The molecule has 0 spiro atoms. The van der Waals surface area contributed by atoms with Crippen LogP contribution in [-0.4, -0.2) is 18.4 Å². The Balaban J connectivity index is 3.15. The molecule has 0 aliphatic heterocycles. The van der Waals surface area contributed by atoms with Gasteiger partial charge in [0.25, 0.3) is 0 Å². The Bertz CT molecular complexity index is 397. The van der Waals surface area contributed by atoms with Crippen molar-refractivity contribution in [1.82, 2.24) is 0 Å². The van der Waals surface area contributed by atoms with Gasteiger partial charge in [-0.05, 0) is 51.0 Å². The lowest BCUT2D eigenvalue weighted by Gasteiger charge is -2.13. The Morgan fingerprint density at radius 2 is 2.00 bits per heavy atom. The van der Waals surface area contributed by atoms with Crippen LogP contribution in [0.5, 0.6) is 5.75 Å². The summed E-state index contributed by atoms with van der Waals surface area (Å²) in [5.74, 6) is 0.810. The second-order valence-electron chi connectivity index (χ2n) is 4.02. The average molecular weight is 221 g/mol. The van der Waals surface area contributed by atoms with Crippen LogP contribution in [0.3, 0.4) is 0 Å². The number of carbonyl (C=O) groups excluding carboxylic acids is 1. The van der Waals surface area contributed by atoms with E-state index in [9.17, 15) is 4.79 Å². The molecule has 1 atom stereocenters. The van der Waals surface area contributed by atoms with Crippen LogP contribution in [0.1, 0.15) is 35.3 Å². The molecule has 0 heterocycles. The molecule has 16 heavy (non-hydrogen) atoms. The summed E-state index contributed by atoms with van der Waals surface area (Å²) < 4.78 is 5.47. The number of Topliss-reactive ketones (excluding diaryl/α,β-unsaturated/α-hetero) is 1. The third-order valence-corrected chi connectivity index (χ3v) is 2.50. The van der Waals surface area contributed by atoms with E-state index in [0.717, 1.165) is 16.9 Å². The number of rotatable bonds is 4. The molecule has 0 radical (unpaired) electrons. The van der Waals surface area contributed by atoms with Gasteiger partial charge in [0, 0.05) is 5.56 Å². The third-order valence-electron chi connectivity index (χ3n) is 2.50. The molecule has 3 nitrogen and oxygen atoms in total. The number of aryl methyl sites for hydroxylation is 2. The standard InChI is InChI=1S/C13H19NO2/c1-5-16-12-7-8(2)11(6-9(12)3)13(15)10(4)14/h6-7,10H,5,14H2,1-4H3. The summed E-state index contributed by atoms with van der Waals surface area (Å²) in [6, 6.07) is 3.29. The van der Waals surface area contributed by atoms with E-state index in [-0.39, 0.29) is 5.78 Å². The van der Waals surface area contributed by atoms with Crippen molar-refractivity contribution in [1.29, 1.82) is 0 Å². The molecule has 88 valence electrons. The van der Waals surface area contributed by atoms with Gasteiger partial charge in [0.15, 0.2) is 5.78 Å². The fourth-order valence-corrected chi connectivity index (χ4v) is 1.61. The molecule has 1 aromatic carbocycles. The van der Waals surface area contributed by atoms with Crippen LogP contribution >= 0.6 is 0 Å². The first-order chi connectivity index (χ1) is 7.47. The van der Waals surface area contributed by atoms with Crippen molar-refractivity contribution in [2.75, 3.05) is 6.61 Å². The molecule has 0 fully saturated rings. The highest BCUT2D eigenvalue weighted by atomic mass is 16.5. The van der Waals surface area contributed by atoms with E-state index in [4.69, 9.17) is 10.5 Å². The highest BCUT2D eigenvalue weighted by molar-refractivity contribution is 6.01. The van der Waals surface area contributed by atoms with E-state index in [0.29, 0.717) is 12.2 Å². The zero-order chi connectivity index (χ0) is 12.3. The average Bonchev–Trinajstić information content (AvgIpc) is 2.22. The lowest BCUT2D eigenvalue weighted by Crippen LogP contribution is -2.27. The van der Waals surface area contributed by atoms with Gasteiger partial charge in [-0.3, -0.25) is 4.79 Å². The summed E-state index contributed by atoms with van der Waals surface area (Å²) in [6.45, 7) is 8.10. The lowest BCUT2D eigenvalue weighted by molar-refractivity contribution is 0.0967. The molecular formula is C13H19NO2. The minimum absolute atomic E-state index is 0.0244. The van der Waals surface area contributed by atoms with Crippen molar-refractivity contribution >= 4 is 5.78 Å². The third kappa shape index (κ3) is 2.61. The molecule has 2 N–H and O–H groups in total.